The summed E-state index contributed by atoms with van der Waals surface area (Å²) in [6.45, 7) is 0. The van der Waals surface area contributed by atoms with Gasteiger partial charge in [0.15, 0.2) is 6.10 Å². The lowest BCUT2D eigenvalue weighted by Crippen LogP contribution is -2.28. The zero-order valence-electron chi connectivity index (χ0n) is 8.99. The van der Waals surface area contributed by atoms with Crippen LogP contribution in [0.3, 0.4) is 0 Å². The van der Waals surface area contributed by atoms with Gasteiger partial charge in [0.1, 0.15) is 6.10 Å². The standard InChI is InChI=1S/C10H12O6S/c1-16-10(15)9(14)8(13)5-2-6(17-4-5)3-7(11)12/h2,4,8-9,13-14H,3H2,1H3,(H,11,12). The Morgan fingerprint density at radius 2 is 2.12 bits per heavy atom. The number of hydrogen-bond acceptors (Lipinski definition) is 6. The summed E-state index contributed by atoms with van der Waals surface area (Å²) < 4.78 is 4.29. The number of esters is 1. The van der Waals surface area contributed by atoms with Crippen LogP contribution in [0.5, 0.6) is 0 Å². The van der Waals surface area contributed by atoms with E-state index in [4.69, 9.17) is 5.11 Å². The van der Waals surface area contributed by atoms with Gasteiger partial charge in [0.05, 0.1) is 13.5 Å². The number of carbonyl (C=O) groups excluding carboxylic acids is 1. The smallest absolute Gasteiger partial charge is 0.337 e. The first-order chi connectivity index (χ1) is 7.95. The van der Waals surface area contributed by atoms with E-state index in [9.17, 15) is 19.8 Å². The van der Waals surface area contributed by atoms with Gasteiger partial charge in [-0.2, -0.15) is 0 Å². The maximum atomic E-state index is 11.0. The minimum absolute atomic E-state index is 0.161. The van der Waals surface area contributed by atoms with Crippen LogP contribution in [0, 0.1) is 0 Å². The first-order valence-corrected chi connectivity index (χ1v) is 5.56. The van der Waals surface area contributed by atoms with Crippen LogP contribution in [0.25, 0.3) is 0 Å². The fraction of sp³-hybridized carbons (Fsp3) is 0.400. The Kier molecular flexibility index (Phi) is 4.62. The number of hydrogen-bond donors (Lipinski definition) is 3. The van der Waals surface area contributed by atoms with Crippen molar-refractivity contribution in [1.29, 1.82) is 0 Å². The first kappa shape index (κ1) is 13.6. The quantitative estimate of drug-likeness (QED) is 0.641. The van der Waals surface area contributed by atoms with Crippen molar-refractivity contribution in [2.45, 2.75) is 18.6 Å². The number of carboxylic acids is 1. The van der Waals surface area contributed by atoms with Crippen LogP contribution in [-0.4, -0.2) is 40.5 Å². The molecule has 2 atom stereocenters. The summed E-state index contributed by atoms with van der Waals surface area (Å²) >= 11 is 1.14. The Morgan fingerprint density at radius 1 is 1.47 bits per heavy atom. The molecule has 1 aromatic heterocycles. The molecule has 0 aliphatic rings. The topological polar surface area (TPSA) is 104 Å². The van der Waals surface area contributed by atoms with Gasteiger partial charge in [-0.05, 0) is 17.0 Å². The number of aliphatic hydroxyl groups excluding tert-OH is 2. The fourth-order valence-corrected chi connectivity index (χ4v) is 2.13. The second-order valence-electron chi connectivity index (χ2n) is 3.33. The molecule has 0 amide bonds. The number of carbonyl (C=O) groups is 2. The molecular weight excluding hydrogens is 248 g/mol. The third-order valence-electron chi connectivity index (χ3n) is 2.08. The highest BCUT2D eigenvalue weighted by Crippen LogP contribution is 2.24. The summed E-state index contributed by atoms with van der Waals surface area (Å²) in [5.41, 5.74) is 0.296. The molecule has 1 heterocycles. The molecule has 0 aliphatic carbocycles. The van der Waals surface area contributed by atoms with Gasteiger partial charge in [0, 0.05) is 4.88 Å². The fourth-order valence-electron chi connectivity index (χ4n) is 1.23. The average molecular weight is 260 g/mol. The molecule has 6 nitrogen and oxygen atoms in total. The first-order valence-electron chi connectivity index (χ1n) is 4.68. The lowest BCUT2D eigenvalue weighted by Gasteiger charge is -2.14. The highest BCUT2D eigenvalue weighted by Gasteiger charge is 2.27. The maximum Gasteiger partial charge on any atom is 0.337 e. The lowest BCUT2D eigenvalue weighted by molar-refractivity contribution is -0.156. The van der Waals surface area contributed by atoms with Crippen LogP contribution >= 0.6 is 11.3 Å². The molecule has 3 N–H and O–H groups in total. The van der Waals surface area contributed by atoms with Crippen molar-refractivity contribution in [1.82, 2.24) is 0 Å². The zero-order chi connectivity index (χ0) is 13.0. The summed E-state index contributed by atoms with van der Waals surface area (Å²) in [6, 6.07) is 1.44. The summed E-state index contributed by atoms with van der Waals surface area (Å²) in [7, 11) is 1.10. The van der Waals surface area contributed by atoms with Crippen molar-refractivity contribution < 1.29 is 29.6 Å². The Balaban J connectivity index is 2.75. The number of aliphatic carboxylic acids is 1. The molecule has 0 bridgehead atoms. The molecule has 0 radical (unpaired) electrons. The monoisotopic (exact) mass is 260 g/mol. The van der Waals surface area contributed by atoms with Crippen LogP contribution in [0.2, 0.25) is 0 Å². The zero-order valence-corrected chi connectivity index (χ0v) is 9.81. The lowest BCUT2D eigenvalue weighted by atomic mass is 10.1. The van der Waals surface area contributed by atoms with E-state index in [1.807, 2.05) is 0 Å². The van der Waals surface area contributed by atoms with Gasteiger partial charge in [-0.1, -0.05) is 0 Å². The molecule has 17 heavy (non-hydrogen) atoms. The Labute approximate surface area is 101 Å². The minimum Gasteiger partial charge on any atom is -0.481 e. The Bertz CT molecular complexity index is 413. The van der Waals surface area contributed by atoms with Crippen molar-refractivity contribution in [2.24, 2.45) is 0 Å². The molecule has 1 rings (SSSR count). The molecular formula is C10H12O6S. The summed E-state index contributed by atoms with van der Waals surface area (Å²) in [5, 5.41) is 29.1. The number of thiophene rings is 1. The highest BCUT2D eigenvalue weighted by molar-refractivity contribution is 7.10. The van der Waals surface area contributed by atoms with Gasteiger partial charge in [0.25, 0.3) is 0 Å². The van der Waals surface area contributed by atoms with Crippen LogP contribution < -0.4 is 0 Å². The minimum atomic E-state index is -1.67. The molecule has 2 unspecified atom stereocenters. The van der Waals surface area contributed by atoms with E-state index in [-0.39, 0.29) is 6.42 Å². The third kappa shape index (κ3) is 3.52. The van der Waals surface area contributed by atoms with Crippen LogP contribution in [0.4, 0.5) is 0 Å². The predicted octanol–water partition coefficient (Wildman–Crippen LogP) is -0.0575. The second kappa shape index (κ2) is 5.76. The van der Waals surface area contributed by atoms with Gasteiger partial charge < -0.3 is 20.1 Å². The van der Waals surface area contributed by atoms with Crippen molar-refractivity contribution in [2.75, 3.05) is 7.11 Å². The SMILES string of the molecule is COC(=O)C(O)C(O)c1csc(CC(=O)O)c1. The number of aliphatic hydroxyl groups is 2. The second-order valence-corrected chi connectivity index (χ2v) is 4.33. The van der Waals surface area contributed by atoms with Crippen molar-refractivity contribution in [3.63, 3.8) is 0 Å². The van der Waals surface area contributed by atoms with E-state index in [1.54, 1.807) is 0 Å². The van der Waals surface area contributed by atoms with E-state index in [0.717, 1.165) is 18.4 Å². The van der Waals surface area contributed by atoms with E-state index >= 15 is 0 Å². The summed E-state index contributed by atoms with van der Waals surface area (Å²) in [5.74, 6) is -1.93. The van der Waals surface area contributed by atoms with Crippen LogP contribution in [0.15, 0.2) is 11.4 Å². The van der Waals surface area contributed by atoms with Crippen molar-refractivity contribution in [3.8, 4) is 0 Å². The molecule has 0 aromatic carbocycles. The molecule has 0 spiro atoms. The van der Waals surface area contributed by atoms with Crippen LogP contribution in [-0.2, 0) is 20.7 Å². The maximum absolute atomic E-state index is 11.0. The van der Waals surface area contributed by atoms with Gasteiger partial charge in [-0.25, -0.2) is 4.79 Å². The van der Waals surface area contributed by atoms with E-state index < -0.39 is 24.1 Å². The molecule has 0 saturated carbocycles. The molecule has 0 saturated heterocycles. The van der Waals surface area contributed by atoms with E-state index in [1.165, 1.54) is 11.4 Å². The number of methoxy groups -OCH3 is 1. The number of rotatable bonds is 5. The largest absolute Gasteiger partial charge is 0.481 e. The average Bonchev–Trinajstić information content (AvgIpc) is 2.73. The van der Waals surface area contributed by atoms with Gasteiger partial charge in [-0.15, -0.1) is 11.3 Å². The summed E-state index contributed by atoms with van der Waals surface area (Å²) in [6.07, 6.45) is -3.25. The molecule has 0 fully saturated rings. The molecule has 7 heteroatoms. The van der Waals surface area contributed by atoms with E-state index in [2.05, 4.69) is 4.74 Å². The normalized spacial score (nSPS) is 14.1. The predicted molar refractivity (Wildman–Crippen MR) is 58.6 cm³/mol. The third-order valence-corrected chi connectivity index (χ3v) is 3.04. The number of ether oxygens (including phenoxy) is 1. The van der Waals surface area contributed by atoms with Gasteiger partial charge >= 0.3 is 11.9 Å². The van der Waals surface area contributed by atoms with Crippen molar-refractivity contribution >= 4 is 23.3 Å². The Hall–Kier alpha value is -1.44. The van der Waals surface area contributed by atoms with E-state index in [0.29, 0.717) is 10.4 Å². The highest BCUT2D eigenvalue weighted by atomic mass is 32.1. The Morgan fingerprint density at radius 3 is 2.65 bits per heavy atom. The molecule has 0 aliphatic heterocycles. The van der Waals surface area contributed by atoms with Crippen molar-refractivity contribution in [3.05, 3.63) is 21.9 Å². The van der Waals surface area contributed by atoms with Gasteiger partial charge in [-0.3, -0.25) is 4.79 Å². The molecule has 94 valence electrons. The van der Waals surface area contributed by atoms with Gasteiger partial charge in [0.2, 0.25) is 0 Å². The summed E-state index contributed by atoms with van der Waals surface area (Å²) in [4.78, 5) is 22.0. The van der Waals surface area contributed by atoms with Crippen LogP contribution in [0.1, 0.15) is 16.5 Å². The molecule has 1 aromatic rings. The number of carboxylic acid groups (broad SMARTS) is 1.